The van der Waals surface area contributed by atoms with Crippen LogP contribution in [0.2, 0.25) is 0 Å². The standard InChI is InChI=1S/C60H105N3O15/c1-37(2)20-15-16-26-55(72)76-47-31-45(64)30-46(65)32-50(67)38(3)22-18-24-42(7)56(41(6)21-14-12-10-11-13-17-29-63-59(61)62)77-58(74)43(8)25-19-23-39(4)51(68)35-52(69)44(9)49(66)28-27-40(5)54(71)36-60(75)57(73)53(70)34-48(33-47)78-60/h10-11,18-19,22-25,37,39-42,44-54,56-57,64-71,73,75H,12-17,20-21,26-36H2,1-9H3,(H4,61,62,63)/b11-10+,23-19+,24-18+,38-22-,43-25-/t39-,40-,41-,42+,44+,45-,46-,47+,48+,49+,50+,51-,52+,53+,54-,56-,57-,60+/m0/s1. The van der Waals surface area contributed by atoms with Crippen LogP contribution in [0.3, 0.4) is 0 Å². The molecule has 0 radical (unpaired) electrons. The maximum absolute atomic E-state index is 13.6. The molecule has 0 aromatic rings. The highest BCUT2D eigenvalue weighted by Gasteiger charge is 2.50. The van der Waals surface area contributed by atoms with Crippen molar-refractivity contribution in [2.45, 2.75) is 257 Å². The zero-order valence-corrected chi connectivity index (χ0v) is 48.6. The Labute approximate surface area is 466 Å². The lowest BCUT2D eigenvalue weighted by Crippen LogP contribution is -2.60. The number of nitrogens with two attached hydrogens (primary N) is 2. The van der Waals surface area contributed by atoms with Gasteiger partial charge in [-0.25, -0.2) is 4.79 Å². The number of unbranched alkanes of at least 4 members (excludes halogenated alkanes) is 3. The number of aliphatic imine (C=N–C) groups is 1. The summed E-state index contributed by atoms with van der Waals surface area (Å²) < 4.78 is 18.1. The lowest BCUT2D eigenvalue weighted by Gasteiger charge is -2.45. The number of hydrogen-bond acceptors (Lipinski definition) is 16. The highest BCUT2D eigenvalue weighted by Crippen LogP contribution is 2.36. The summed E-state index contributed by atoms with van der Waals surface area (Å²) in [5.41, 5.74) is 11.7. The van der Waals surface area contributed by atoms with Gasteiger partial charge < -0.3 is 76.7 Å². The van der Waals surface area contributed by atoms with Gasteiger partial charge in [-0.2, -0.15) is 0 Å². The zero-order valence-electron chi connectivity index (χ0n) is 48.6. The second-order valence-electron chi connectivity index (χ2n) is 23.4. The number of hydrogen-bond donors (Lipinski definition) is 12. The third kappa shape index (κ3) is 27.3. The summed E-state index contributed by atoms with van der Waals surface area (Å²) >= 11 is 0. The summed E-state index contributed by atoms with van der Waals surface area (Å²) in [4.78, 5) is 30.9. The van der Waals surface area contributed by atoms with E-state index in [1.807, 2.05) is 19.9 Å². The number of guanidine groups is 1. The van der Waals surface area contributed by atoms with Gasteiger partial charge in [-0.1, -0.05) is 110 Å². The Morgan fingerprint density at radius 1 is 0.744 bits per heavy atom. The van der Waals surface area contributed by atoms with Crippen molar-refractivity contribution in [1.82, 2.24) is 0 Å². The molecule has 2 rings (SSSR count). The molecular weight excluding hydrogens is 1000 g/mol. The van der Waals surface area contributed by atoms with Gasteiger partial charge in [-0.3, -0.25) is 9.79 Å². The molecule has 2 aliphatic rings. The Morgan fingerprint density at radius 2 is 1.38 bits per heavy atom. The number of aliphatic hydroxyl groups excluding tert-OH is 9. The number of allylic oxidation sites excluding steroid dienone is 6. The molecular formula is C60H105N3O15. The second-order valence-corrected chi connectivity index (χ2v) is 23.4. The maximum Gasteiger partial charge on any atom is 0.334 e. The summed E-state index contributed by atoms with van der Waals surface area (Å²) in [6, 6.07) is 0. The van der Waals surface area contributed by atoms with Crippen molar-refractivity contribution < 1.29 is 74.9 Å². The van der Waals surface area contributed by atoms with Gasteiger partial charge >= 0.3 is 11.9 Å². The molecule has 0 aromatic carbocycles. The topological polar surface area (TPSA) is 329 Å². The highest BCUT2D eigenvalue weighted by atomic mass is 16.7. The van der Waals surface area contributed by atoms with Crippen LogP contribution in [0.4, 0.5) is 0 Å². The van der Waals surface area contributed by atoms with Crippen LogP contribution in [0.15, 0.2) is 64.7 Å². The molecule has 18 heteroatoms. The zero-order chi connectivity index (χ0) is 58.7. The number of carbonyl (C=O) groups excluding carboxylic acids is 2. The third-order valence-electron chi connectivity index (χ3n) is 15.6. The molecule has 2 heterocycles. The minimum Gasteiger partial charge on any atom is -0.462 e. The predicted octanol–water partition coefficient (Wildman–Crippen LogP) is 5.85. The first-order valence-electron chi connectivity index (χ1n) is 29.0. The van der Waals surface area contributed by atoms with Crippen molar-refractivity contribution >= 4 is 17.9 Å². The molecule has 0 saturated carbocycles. The molecule has 0 aromatic heterocycles. The van der Waals surface area contributed by atoms with Gasteiger partial charge in [-0.05, 0) is 95.0 Å². The summed E-state index contributed by atoms with van der Waals surface area (Å²) in [6.45, 7) is 17.2. The van der Waals surface area contributed by atoms with E-state index in [4.69, 9.17) is 25.7 Å². The molecule has 0 unspecified atom stereocenters. The molecule has 0 spiro atoms. The van der Waals surface area contributed by atoms with Gasteiger partial charge in [0.1, 0.15) is 18.3 Å². The van der Waals surface area contributed by atoms with Crippen molar-refractivity contribution in [1.29, 1.82) is 0 Å². The number of fused-ring (bicyclic) bond motifs is 2. The minimum absolute atomic E-state index is 0.0468. The van der Waals surface area contributed by atoms with Crippen LogP contribution in [0.1, 0.15) is 178 Å². The quantitative estimate of drug-likeness (QED) is 0.0301. The van der Waals surface area contributed by atoms with Crippen LogP contribution in [-0.2, 0) is 23.8 Å². The van der Waals surface area contributed by atoms with E-state index in [0.717, 1.165) is 44.9 Å². The van der Waals surface area contributed by atoms with E-state index in [1.54, 1.807) is 65.0 Å². The lowest BCUT2D eigenvalue weighted by atomic mass is 9.84. The van der Waals surface area contributed by atoms with E-state index in [-0.39, 0.29) is 75.6 Å². The van der Waals surface area contributed by atoms with Gasteiger partial charge in [0.15, 0.2) is 11.7 Å². The first kappa shape index (κ1) is 70.6. The number of cyclic esters (lactones) is 1. The fourth-order valence-electron chi connectivity index (χ4n) is 10.1. The summed E-state index contributed by atoms with van der Waals surface area (Å²) in [5, 5.41) is 112. The molecule has 18 nitrogen and oxygen atoms in total. The molecule has 1 fully saturated rings. The highest BCUT2D eigenvalue weighted by molar-refractivity contribution is 5.88. The second kappa shape index (κ2) is 36.7. The fourth-order valence-corrected chi connectivity index (χ4v) is 10.1. The first-order valence-corrected chi connectivity index (χ1v) is 29.0. The maximum atomic E-state index is 13.6. The Hall–Kier alpha value is -3.53. The van der Waals surface area contributed by atoms with Gasteiger partial charge in [-0.15, -0.1) is 0 Å². The fraction of sp³-hybridized carbons (Fsp3) is 0.783. The van der Waals surface area contributed by atoms with Crippen molar-refractivity contribution in [2.75, 3.05) is 6.54 Å². The predicted molar refractivity (Wildman–Crippen MR) is 303 cm³/mol. The minimum atomic E-state index is -2.43. The Balaban J connectivity index is 2.45. The SMILES string of the molecule is C/C1=C/C=C/[C@H](C)[C@@H](O)C[C@@H](O)[C@H](C)[C@H](O)CC[C@H](C)[C@@H](O)C[C@@]2(O)O[C@H](C[C@H](OC(=O)CCCCC(C)C)C[C@@H](O)C[C@H](O)C[C@@H](O)/C(C)=C\C=C\[C@@H](C)[C@H]([C@@H](C)CCC/C=C/CCCN=C(N)N)OC1=O)C[C@@H](O)[C@@H]2O. The molecule has 2 aliphatic heterocycles. The molecule has 450 valence electrons. The summed E-state index contributed by atoms with van der Waals surface area (Å²) in [5.74, 6) is -4.91. The van der Waals surface area contributed by atoms with Crippen molar-refractivity contribution in [3.63, 3.8) is 0 Å². The first-order chi connectivity index (χ1) is 36.6. The molecule has 0 aliphatic carbocycles. The number of rotatable bonds is 15. The van der Waals surface area contributed by atoms with Crippen molar-refractivity contribution in [3.05, 3.63) is 59.8 Å². The van der Waals surface area contributed by atoms with Crippen molar-refractivity contribution in [2.24, 2.45) is 52.0 Å². The van der Waals surface area contributed by atoms with E-state index < -0.39 is 115 Å². The monoisotopic (exact) mass is 1110 g/mol. The number of esters is 2. The van der Waals surface area contributed by atoms with Crippen molar-refractivity contribution in [3.8, 4) is 0 Å². The molecule has 18 atom stereocenters. The lowest BCUT2D eigenvalue weighted by molar-refractivity contribution is -0.333. The number of carbonyl (C=O) groups is 2. The third-order valence-corrected chi connectivity index (χ3v) is 15.6. The normalized spacial score (nSPS) is 37.2. The van der Waals surface area contributed by atoms with Gasteiger partial charge in [0.05, 0.1) is 54.9 Å². The molecule has 14 N–H and O–H groups in total. The Kier molecular flexibility index (Phi) is 33.2. The van der Waals surface area contributed by atoms with Gasteiger partial charge in [0.25, 0.3) is 0 Å². The van der Waals surface area contributed by atoms with Crippen LogP contribution in [0.5, 0.6) is 0 Å². The van der Waals surface area contributed by atoms with E-state index >= 15 is 0 Å². The number of aliphatic hydroxyl groups is 10. The van der Waals surface area contributed by atoms with Crippen LogP contribution >= 0.6 is 0 Å². The Morgan fingerprint density at radius 3 is 2.05 bits per heavy atom. The van der Waals surface area contributed by atoms with Crippen LogP contribution in [0.25, 0.3) is 0 Å². The molecule has 78 heavy (non-hydrogen) atoms. The number of ether oxygens (including phenoxy) is 3. The van der Waals surface area contributed by atoms with E-state index in [1.165, 1.54) is 0 Å². The van der Waals surface area contributed by atoms with Crippen LogP contribution < -0.4 is 11.5 Å². The summed E-state index contributed by atoms with van der Waals surface area (Å²) in [7, 11) is 0. The van der Waals surface area contributed by atoms with Gasteiger partial charge in [0, 0.05) is 74.8 Å². The molecule has 0 amide bonds. The van der Waals surface area contributed by atoms with Crippen LogP contribution in [-0.4, -0.2) is 155 Å². The largest absolute Gasteiger partial charge is 0.462 e. The Bertz CT molecular complexity index is 1910. The summed E-state index contributed by atoms with van der Waals surface area (Å²) in [6.07, 6.45) is 6.50. The number of nitrogens with zero attached hydrogens (tertiary/aromatic N) is 1. The molecule has 1 saturated heterocycles. The van der Waals surface area contributed by atoms with E-state index in [2.05, 4.69) is 31.0 Å². The molecule has 2 bridgehead atoms. The average molecular weight is 1110 g/mol. The van der Waals surface area contributed by atoms with E-state index in [0.29, 0.717) is 30.0 Å². The van der Waals surface area contributed by atoms with Crippen LogP contribution in [0, 0.1) is 35.5 Å². The van der Waals surface area contributed by atoms with Gasteiger partial charge in [0.2, 0.25) is 0 Å². The van der Waals surface area contributed by atoms with E-state index in [9.17, 15) is 60.7 Å². The average Bonchev–Trinajstić information content (AvgIpc) is 3.36. The smallest absolute Gasteiger partial charge is 0.334 e.